The largest absolute Gasteiger partial charge is 0.465 e. The third kappa shape index (κ3) is 3.02. The fraction of sp³-hybridized carbons (Fsp3) is 0.857. The summed E-state index contributed by atoms with van der Waals surface area (Å²) in [5, 5.41) is 17.9. The number of likely N-dealkylation sites (tertiary alicyclic amines) is 1. The Morgan fingerprint density at radius 1 is 1.62 bits per heavy atom. The lowest BCUT2D eigenvalue weighted by Gasteiger charge is -2.35. The summed E-state index contributed by atoms with van der Waals surface area (Å²) < 4.78 is 0. The Bertz CT molecular complexity index is 179. The van der Waals surface area contributed by atoms with Crippen LogP contribution < -0.4 is 5.73 Å². The highest BCUT2D eigenvalue weighted by Gasteiger charge is 2.29. The molecule has 0 aromatic carbocycles. The molecule has 1 aliphatic rings. The van der Waals surface area contributed by atoms with Gasteiger partial charge in [0.25, 0.3) is 0 Å². The molecule has 0 spiro atoms. The monoisotopic (exact) mass is 210 g/mol. The van der Waals surface area contributed by atoms with Crippen molar-refractivity contribution >= 4 is 18.5 Å². The minimum Gasteiger partial charge on any atom is -0.465 e. The van der Waals surface area contributed by atoms with Crippen molar-refractivity contribution in [3.05, 3.63) is 0 Å². The van der Waals surface area contributed by atoms with Crippen molar-refractivity contribution in [1.82, 2.24) is 4.90 Å². The number of hydrogen-bond acceptors (Lipinski definition) is 3. The minimum atomic E-state index is -0.947. The topological polar surface area (TPSA) is 86.8 Å². The lowest BCUT2D eigenvalue weighted by molar-refractivity contribution is 0.0457. The maximum atomic E-state index is 10.6. The standard InChI is InChI=1S/C7H14N2O3.ClH/c8-4-5-3-6(10)1-2-9(5)7(11)12;/h5-6,10H,1-4,8H2,(H,11,12);1H. The van der Waals surface area contributed by atoms with E-state index >= 15 is 0 Å². The summed E-state index contributed by atoms with van der Waals surface area (Å²) in [6, 6.07) is -0.216. The number of halogens is 1. The lowest BCUT2D eigenvalue weighted by atomic mass is 10.0. The van der Waals surface area contributed by atoms with E-state index in [4.69, 9.17) is 10.8 Å². The number of amides is 1. The molecule has 0 aliphatic carbocycles. The molecule has 0 aromatic heterocycles. The second-order valence-electron chi connectivity index (χ2n) is 3.04. The van der Waals surface area contributed by atoms with Crippen molar-refractivity contribution in [1.29, 1.82) is 0 Å². The molecule has 1 fully saturated rings. The lowest BCUT2D eigenvalue weighted by Crippen LogP contribution is -2.50. The smallest absolute Gasteiger partial charge is 0.407 e. The van der Waals surface area contributed by atoms with Gasteiger partial charge in [0.2, 0.25) is 0 Å². The Morgan fingerprint density at radius 3 is 2.69 bits per heavy atom. The normalized spacial score (nSPS) is 28.0. The molecule has 5 nitrogen and oxygen atoms in total. The van der Waals surface area contributed by atoms with Crippen LogP contribution in [0, 0.1) is 0 Å². The maximum absolute atomic E-state index is 10.6. The highest BCUT2D eigenvalue weighted by molar-refractivity contribution is 5.85. The summed E-state index contributed by atoms with van der Waals surface area (Å²) in [4.78, 5) is 11.9. The van der Waals surface area contributed by atoms with Crippen LogP contribution in [0.5, 0.6) is 0 Å². The van der Waals surface area contributed by atoms with Crippen LogP contribution >= 0.6 is 12.4 Å². The molecule has 13 heavy (non-hydrogen) atoms. The predicted molar refractivity (Wildman–Crippen MR) is 50.1 cm³/mol. The van der Waals surface area contributed by atoms with E-state index in [1.165, 1.54) is 4.90 Å². The third-order valence-corrected chi connectivity index (χ3v) is 2.21. The second-order valence-corrected chi connectivity index (χ2v) is 3.04. The number of nitrogens with two attached hydrogens (primary N) is 1. The van der Waals surface area contributed by atoms with Crippen molar-refractivity contribution in [2.24, 2.45) is 5.73 Å². The highest BCUT2D eigenvalue weighted by Crippen LogP contribution is 2.16. The third-order valence-electron chi connectivity index (χ3n) is 2.21. The van der Waals surface area contributed by atoms with Gasteiger partial charge in [0, 0.05) is 19.1 Å². The first-order chi connectivity index (χ1) is 5.65. The van der Waals surface area contributed by atoms with Gasteiger partial charge >= 0.3 is 6.09 Å². The molecule has 1 aliphatic heterocycles. The summed E-state index contributed by atoms with van der Waals surface area (Å²) >= 11 is 0. The van der Waals surface area contributed by atoms with E-state index in [0.29, 0.717) is 19.4 Å². The number of piperidine rings is 1. The zero-order valence-corrected chi connectivity index (χ0v) is 8.04. The molecule has 78 valence electrons. The second kappa shape index (κ2) is 5.26. The highest BCUT2D eigenvalue weighted by atomic mass is 35.5. The van der Waals surface area contributed by atoms with Gasteiger partial charge in [-0.05, 0) is 12.8 Å². The van der Waals surface area contributed by atoms with Crippen molar-refractivity contribution in [3.8, 4) is 0 Å². The van der Waals surface area contributed by atoms with Crippen LogP contribution in [0.4, 0.5) is 4.79 Å². The Morgan fingerprint density at radius 2 is 2.23 bits per heavy atom. The fourth-order valence-corrected chi connectivity index (χ4v) is 1.51. The molecular formula is C7H15ClN2O3. The van der Waals surface area contributed by atoms with E-state index in [0.717, 1.165) is 0 Å². The van der Waals surface area contributed by atoms with E-state index in [1.807, 2.05) is 0 Å². The molecule has 0 saturated carbocycles. The molecule has 1 saturated heterocycles. The molecule has 0 radical (unpaired) electrons. The van der Waals surface area contributed by atoms with Crippen LogP contribution in [-0.4, -0.2) is 46.4 Å². The minimum absolute atomic E-state index is 0. The van der Waals surface area contributed by atoms with Gasteiger partial charge in [-0.15, -0.1) is 12.4 Å². The zero-order valence-electron chi connectivity index (χ0n) is 7.22. The van der Waals surface area contributed by atoms with Gasteiger partial charge < -0.3 is 20.8 Å². The number of aliphatic hydroxyl groups excluding tert-OH is 1. The summed E-state index contributed by atoms with van der Waals surface area (Å²) in [6.45, 7) is 0.668. The van der Waals surface area contributed by atoms with Gasteiger partial charge in [0.1, 0.15) is 0 Å². The zero-order chi connectivity index (χ0) is 9.14. The summed E-state index contributed by atoms with van der Waals surface area (Å²) in [6.07, 6.45) is -0.363. The molecule has 1 rings (SSSR count). The molecule has 2 atom stereocenters. The number of aliphatic hydroxyl groups is 1. The molecule has 6 heteroatoms. The van der Waals surface area contributed by atoms with Crippen LogP contribution in [0.3, 0.4) is 0 Å². The molecular weight excluding hydrogens is 196 g/mol. The first-order valence-electron chi connectivity index (χ1n) is 4.03. The molecule has 1 heterocycles. The molecule has 0 aromatic rings. The molecule has 1 amide bonds. The fourth-order valence-electron chi connectivity index (χ4n) is 1.51. The van der Waals surface area contributed by atoms with E-state index in [-0.39, 0.29) is 25.0 Å². The summed E-state index contributed by atoms with van der Waals surface area (Å²) in [7, 11) is 0. The summed E-state index contributed by atoms with van der Waals surface area (Å²) in [5.41, 5.74) is 5.38. The van der Waals surface area contributed by atoms with Crippen LogP contribution in [0.15, 0.2) is 0 Å². The van der Waals surface area contributed by atoms with Gasteiger partial charge in [0.15, 0.2) is 0 Å². The van der Waals surface area contributed by atoms with E-state index in [9.17, 15) is 9.90 Å². The Balaban J connectivity index is 0.00000144. The Labute approximate surface area is 82.9 Å². The molecule has 2 unspecified atom stereocenters. The van der Waals surface area contributed by atoms with E-state index < -0.39 is 12.2 Å². The molecule has 0 bridgehead atoms. The Kier molecular flexibility index (Phi) is 5.05. The first-order valence-corrected chi connectivity index (χ1v) is 4.03. The van der Waals surface area contributed by atoms with E-state index in [2.05, 4.69) is 0 Å². The average Bonchev–Trinajstić information content (AvgIpc) is 2.03. The summed E-state index contributed by atoms with van der Waals surface area (Å²) in [5.74, 6) is 0. The average molecular weight is 211 g/mol. The maximum Gasteiger partial charge on any atom is 0.407 e. The number of hydrogen-bond donors (Lipinski definition) is 3. The van der Waals surface area contributed by atoms with Crippen LogP contribution in [0.1, 0.15) is 12.8 Å². The van der Waals surface area contributed by atoms with Crippen LogP contribution in [0.25, 0.3) is 0 Å². The van der Waals surface area contributed by atoms with Crippen molar-refractivity contribution in [3.63, 3.8) is 0 Å². The van der Waals surface area contributed by atoms with Crippen LogP contribution in [-0.2, 0) is 0 Å². The number of carboxylic acid groups (broad SMARTS) is 1. The first kappa shape index (κ1) is 12.5. The van der Waals surface area contributed by atoms with Crippen molar-refractivity contribution < 1.29 is 15.0 Å². The van der Waals surface area contributed by atoms with Crippen LogP contribution in [0.2, 0.25) is 0 Å². The number of rotatable bonds is 1. The van der Waals surface area contributed by atoms with Gasteiger partial charge in [-0.25, -0.2) is 4.79 Å². The van der Waals surface area contributed by atoms with Gasteiger partial charge in [-0.2, -0.15) is 0 Å². The van der Waals surface area contributed by atoms with Crippen molar-refractivity contribution in [2.45, 2.75) is 25.0 Å². The van der Waals surface area contributed by atoms with Gasteiger partial charge in [-0.3, -0.25) is 0 Å². The Hall–Kier alpha value is -0.520. The predicted octanol–water partition coefficient (Wildman–Crippen LogP) is -0.130. The van der Waals surface area contributed by atoms with Gasteiger partial charge in [0.05, 0.1) is 6.10 Å². The van der Waals surface area contributed by atoms with Crippen molar-refractivity contribution in [2.75, 3.05) is 13.1 Å². The SMILES string of the molecule is Cl.NCC1CC(O)CCN1C(=O)O. The quantitative estimate of drug-likeness (QED) is 0.563. The number of nitrogens with zero attached hydrogens (tertiary/aromatic N) is 1. The van der Waals surface area contributed by atoms with Gasteiger partial charge in [-0.1, -0.05) is 0 Å². The number of carbonyl (C=O) groups is 1. The van der Waals surface area contributed by atoms with E-state index in [1.54, 1.807) is 0 Å². The molecule has 4 N–H and O–H groups in total.